The predicted octanol–water partition coefficient (Wildman–Crippen LogP) is 4.15. The number of rotatable bonds is 7. The molecule has 2 rings (SSSR count). The van der Waals surface area contributed by atoms with E-state index in [1.165, 1.54) is 31.3 Å². The summed E-state index contributed by atoms with van der Waals surface area (Å²) in [5.41, 5.74) is 2.49. The molecule has 0 fully saturated rings. The molecule has 1 aromatic carbocycles. The normalized spacial score (nSPS) is 14.4. The number of allylic oxidation sites excluding steroid dienone is 1. The van der Waals surface area contributed by atoms with E-state index >= 15 is 0 Å². The molecule has 21 heavy (non-hydrogen) atoms. The van der Waals surface area contributed by atoms with Crippen LogP contribution in [0.2, 0.25) is 5.02 Å². The number of carbonyl (C=O) groups excluding carboxylic acids is 1. The molecular weight excluding hydrogens is 284 g/mol. The van der Waals surface area contributed by atoms with E-state index in [-0.39, 0.29) is 5.91 Å². The van der Waals surface area contributed by atoms with Crippen LogP contribution in [0, 0.1) is 0 Å². The Morgan fingerprint density at radius 2 is 1.95 bits per heavy atom. The first-order valence-corrected chi connectivity index (χ1v) is 8.06. The molecular formula is C17H23ClN2O. The Hall–Kier alpha value is -1.48. The Bertz CT molecular complexity index is 482. The molecule has 1 aliphatic rings. The molecule has 4 heteroatoms. The summed E-state index contributed by atoms with van der Waals surface area (Å²) in [6.07, 6.45) is 8.83. The molecule has 1 aliphatic carbocycles. The molecule has 0 aliphatic heterocycles. The van der Waals surface area contributed by atoms with Crippen LogP contribution in [0.3, 0.4) is 0 Å². The summed E-state index contributed by atoms with van der Waals surface area (Å²) in [5.74, 6) is 0.105. The van der Waals surface area contributed by atoms with Crippen molar-refractivity contribution in [3.05, 3.63) is 40.9 Å². The number of benzene rings is 1. The van der Waals surface area contributed by atoms with E-state index < -0.39 is 0 Å². The van der Waals surface area contributed by atoms with Crippen LogP contribution in [0.1, 0.15) is 38.5 Å². The highest BCUT2D eigenvalue weighted by atomic mass is 35.5. The average molecular weight is 307 g/mol. The highest BCUT2D eigenvalue weighted by molar-refractivity contribution is 6.30. The number of amides is 1. The highest BCUT2D eigenvalue weighted by Crippen LogP contribution is 2.19. The summed E-state index contributed by atoms with van der Waals surface area (Å²) in [5, 5.41) is 6.91. The molecule has 1 amide bonds. The molecule has 0 aromatic heterocycles. The van der Waals surface area contributed by atoms with Gasteiger partial charge in [-0.3, -0.25) is 4.79 Å². The Balaban J connectivity index is 1.57. The number of hydrogen-bond donors (Lipinski definition) is 2. The second-order valence-electron chi connectivity index (χ2n) is 5.39. The van der Waals surface area contributed by atoms with Gasteiger partial charge in [0, 0.05) is 30.2 Å². The molecule has 0 saturated heterocycles. The van der Waals surface area contributed by atoms with E-state index in [0.29, 0.717) is 13.0 Å². The molecule has 0 spiro atoms. The third-order valence-electron chi connectivity index (χ3n) is 3.68. The average Bonchev–Trinajstić information content (AvgIpc) is 2.50. The summed E-state index contributed by atoms with van der Waals surface area (Å²) >= 11 is 5.82. The number of nitrogens with one attached hydrogen (secondary N) is 2. The van der Waals surface area contributed by atoms with Gasteiger partial charge in [0.1, 0.15) is 0 Å². The third-order valence-corrected chi connectivity index (χ3v) is 3.93. The SMILES string of the molecule is O=C(CCNc1ccc(Cl)cc1)NCCC1=CCCCC1. The third kappa shape index (κ3) is 6.21. The predicted molar refractivity (Wildman–Crippen MR) is 88.7 cm³/mol. The zero-order chi connectivity index (χ0) is 14.9. The second kappa shape index (κ2) is 8.73. The Morgan fingerprint density at radius 1 is 1.14 bits per heavy atom. The first kappa shape index (κ1) is 15.9. The van der Waals surface area contributed by atoms with Crippen molar-refractivity contribution in [3.8, 4) is 0 Å². The van der Waals surface area contributed by atoms with Crippen molar-refractivity contribution in [2.45, 2.75) is 38.5 Å². The minimum Gasteiger partial charge on any atom is -0.385 e. The van der Waals surface area contributed by atoms with E-state index in [1.807, 2.05) is 24.3 Å². The van der Waals surface area contributed by atoms with Crippen molar-refractivity contribution < 1.29 is 4.79 Å². The highest BCUT2D eigenvalue weighted by Gasteiger charge is 2.05. The smallest absolute Gasteiger partial charge is 0.221 e. The Labute approximate surface area is 131 Å². The van der Waals surface area contributed by atoms with Crippen LogP contribution < -0.4 is 10.6 Å². The maximum atomic E-state index is 11.7. The van der Waals surface area contributed by atoms with Crippen molar-refractivity contribution in [3.63, 3.8) is 0 Å². The van der Waals surface area contributed by atoms with E-state index in [0.717, 1.165) is 23.7 Å². The van der Waals surface area contributed by atoms with Gasteiger partial charge in [-0.2, -0.15) is 0 Å². The van der Waals surface area contributed by atoms with Crippen molar-refractivity contribution in [2.24, 2.45) is 0 Å². The molecule has 1 aromatic rings. The fourth-order valence-corrected chi connectivity index (χ4v) is 2.60. The molecule has 2 N–H and O–H groups in total. The minimum atomic E-state index is 0.105. The lowest BCUT2D eigenvalue weighted by atomic mass is 9.97. The summed E-state index contributed by atoms with van der Waals surface area (Å²) in [7, 11) is 0. The van der Waals surface area contributed by atoms with Crippen molar-refractivity contribution in [2.75, 3.05) is 18.4 Å². The van der Waals surface area contributed by atoms with Crippen LogP contribution >= 0.6 is 11.6 Å². The quantitative estimate of drug-likeness (QED) is 0.743. The minimum absolute atomic E-state index is 0.105. The van der Waals surface area contributed by atoms with E-state index in [9.17, 15) is 4.79 Å². The molecule has 0 radical (unpaired) electrons. The van der Waals surface area contributed by atoms with E-state index in [2.05, 4.69) is 16.7 Å². The monoisotopic (exact) mass is 306 g/mol. The number of anilines is 1. The van der Waals surface area contributed by atoms with Gasteiger partial charge in [-0.15, -0.1) is 0 Å². The van der Waals surface area contributed by atoms with Crippen molar-refractivity contribution in [1.82, 2.24) is 5.32 Å². The van der Waals surface area contributed by atoms with Gasteiger partial charge in [-0.25, -0.2) is 0 Å². The molecule has 0 atom stereocenters. The van der Waals surface area contributed by atoms with E-state index in [1.54, 1.807) is 0 Å². The molecule has 0 unspecified atom stereocenters. The van der Waals surface area contributed by atoms with Gasteiger partial charge >= 0.3 is 0 Å². The molecule has 0 bridgehead atoms. The van der Waals surface area contributed by atoms with Crippen LogP contribution in [0.25, 0.3) is 0 Å². The van der Waals surface area contributed by atoms with Crippen molar-refractivity contribution >= 4 is 23.2 Å². The van der Waals surface area contributed by atoms with Crippen molar-refractivity contribution in [1.29, 1.82) is 0 Å². The second-order valence-corrected chi connectivity index (χ2v) is 5.83. The lowest BCUT2D eigenvalue weighted by molar-refractivity contribution is -0.120. The van der Waals surface area contributed by atoms with Crippen LogP contribution in [-0.2, 0) is 4.79 Å². The van der Waals surface area contributed by atoms with Gasteiger partial charge < -0.3 is 10.6 Å². The number of hydrogen-bond acceptors (Lipinski definition) is 2. The van der Waals surface area contributed by atoms with Gasteiger partial charge in [0.05, 0.1) is 0 Å². The summed E-state index contributed by atoms with van der Waals surface area (Å²) in [6.45, 7) is 1.39. The number of halogens is 1. The molecule has 114 valence electrons. The fraction of sp³-hybridized carbons (Fsp3) is 0.471. The standard InChI is InChI=1S/C17H23ClN2O/c18-15-6-8-16(9-7-15)19-13-11-17(21)20-12-10-14-4-2-1-3-5-14/h4,6-9,19H,1-3,5,10-13H2,(H,20,21). The topological polar surface area (TPSA) is 41.1 Å². The van der Waals surface area contributed by atoms with Crippen LogP contribution in [-0.4, -0.2) is 19.0 Å². The molecule has 0 saturated carbocycles. The number of carbonyl (C=O) groups is 1. The largest absolute Gasteiger partial charge is 0.385 e. The van der Waals surface area contributed by atoms with Crippen LogP contribution in [0.4, 0.5) is 5.69 Å². The molecule has 0 heterocycles. The van der Waals surface area contributed by atoms with Gasteiger partial charge in [0.2, 0.25) is 5.91 Å². The van der Waals surface area contributed by atoms with Gasteiger partial charge in [-0.1, -0.05) is 23.3 Å². The zero-order valence-corrected chi connectivity index (χ0v) is 13.1. The lowest BCUT2D eigenvalue weighted by Crippen LogP contribution is -2.26. The Morgan fingerprint density at radius 3 is 2.67 bits per heavy atom. The Kier molecular flexibility index (Phi) is 6.61. The summed E-state index contributed by atoms with van der Waals surface area (Å²) in [4.78, 5) is 11.7. The zero-order valence-electron chi connectivity index (χ0n) is 12.3. The maximum Gasteiger partial charge on any atom is 0.221 e. The fourth-order valence-electron chi connectivity index (χ4n) is 2.47. The van der Waals surface area contributed by atoms with Crippen LogP contribution in [0.5, 0.6) is 0 Å². The lowest BCUT2D eigenvalue weighted by Gasteiger charge is -2.13. The molecule has 3 nitrogen and oxygen atoms in total. The first-order valence-electron chi connectivity index (χ1n) is 7.68. The maximum absolute atomic E-state index is 11.7. The summed E-state index contributed by atoms with van der Waals surface area (Å²) in [6, 6.07) is 7.50. The van der Waals surface area contributed by atoms with Gasteiger partial charge in [0.15, 0.2) is 0 Å². The first-order chi connectivity index (χ1) is 10.2. The summed E-state index contributed by atoms with van der Waals surface area (Å²) < 4.78 is 0. The van der Waals surface area contributed by atoms with Crippen LogP contribution in [0.15, 0.2) is 35.9 Å². The van der Waals surface area contributed by atoms with E-state index in [4.69, 9.17) is 11.6 Å². The van der Waals surface area contributed by atoms with Gasteiger partial charge in [-0.05, 0) is 56.4 Å². The van der Waals surface area contributed by atoms with Gasteiger partial charge in [0.25, 0.3) is 0 Å².